The summed E-state index contributed by atoms with van der Waals surface area (Å²) in [4.78, 5) is 0. The van der Waals surface area contributed by atoms with Crippen LogP contribution >= 0.6 is 23.2 Å². The first-order valence-corrected chi connectivity index (χ1v) is 5.42. The second-order valence-electron chi connectivity index (χ2n) is 2.73. The Morgan fingerprint density at radius 1 is 1.12 bits per heavy atom. The molecular formula is C10H11Cl2F3O. The first-order chi connectivity index (χ1) is 7.47. The van der Waals surface area contributed by atoms with Gasteiger partial charge in [-0.25, -0.2) is 0 Å². The second-order valence-corrected chi connectivity index (χ2v) is 3.54. The van der Waals surface area contributed by atoms with Crippen LogP contribution in [0.25, 0.3) is 0 Å². The highest BCUT2D eigenvalue weighted by atomic mass is 35.5. The molecule has 0 radical (unpaired) electrons. The van der Waals surface area contributed by atoms with E-state index >= 15 is 0 Å². The van der Waals surface area contributed by atoms with Crippen LogP contribution in [0.4, 0.5) is 13.2 Å². The van der Waals surface area contributed by atoms with Crippen LogP contribution in [0, 0.1) is 0 Å². The van der Waals surface area contributed by atoms with Gasteiger partial charge in [0, 0.05) is 6.61 Å². The molecule has 0 spiro atoms. The molecule has 92 valence electrons. The Hall–Kier alpha value is -0.450. The van der Waals surface area contributed by atoms with Crippen LogP contribution in [0.2, 0.25) is 0 Å². The molecule has 0 fully saturated rings. The lowest BCUT2D eigenvalue weighted by Crippen LogP contribution is -2.09. The number of benzene rings is 1. The maximum Gasteiger partial charge on any atom is 0.416 e. The van der Waals surface area contributed by atoms with Crippen LogP contribution in [-0.2, 0) is 12.6 Å². The van der Waals surface area contributed by atoms with Gasteiger partial charge in [-0.05, 0) is 18.1 Å². The summed E-state index contributed by atoms with van der Waals surface area (Å²) in [6, 6.07) is 5.26. The molecule has 0 atom stereocenters. The maximum absolute atomic E-state index is 12.3. The van der Waals surface area contributed by atoms with Crippen molar-refractivity contribution in [3.63, 3.8) is 0 Å². The lowest BCUT2D eigenvalue weighted by Gasteiger charge is -2.11. The minimum absolute atomic E-state index is 0.0374. The number of rotatable bonds is 2. The zero-order valence-electron chi connectivity index (χ0n) is 8.27. The van der Waals surface area contributed by atoms with E-state index < -0.39 is 11.7 Å². The highest BCUT2D eigenvalue weighted by Gasteiger charge is 2.32. The molecular weight excluding hydrogens is 264 g/mol. The summed E-state index contributed by atoms with van der Waals surface area (Å²) in [7, 11) is 0. The molecule has 0 unspecified atom stereocenters. The quantitative estimate of drug-likeness (QED) is 0.816. The van der Waals surface area contributed by atoms with E-state index in [4.69, 9.17) is 28.3 Å². The molecule has 0 aliphatic rings. The number of hydrogen-bond donors (Lipinski definition) is 1. The monoisotopic (exact) mass is 274 g/mol. The summed E-state index contributed by atoms with van der Waals surface area (Å²) in [5, 5.41) is 8.74. The highest BCUT2D eigenvalue weighted by molar-refractivity contribution is 6.40. The predicted molar refractivity (Wildman–Crippen MR) is 58.8 cm³/mol. The van der Waals surface area contributed by atoms with E-state index in [9.17, 15) is 13.2 Å². The zero-order valence-corrected chi connectivity index (χ0v) is 9.78. The lowest BCUT2D eigenvalue weighted by molar-refractivity contribution is -0.138. The highest BCUT2D eigenvalue weighted by Crippen LogP contribution is 2.31. The van der Waals surface area contributed by atoms with Gasteiger partial charge in [-0.15, -0.1) is 23.2 Å². The average Bonchev–Trinajstić information content (AvgIpc) is 2.18. The molecule has 0 aromatic heterocycles. The van der Waals surface area contributed by atoms with E-state index in [1.807, 2.05) is 0 Å². The third kappa shape index (κ3) is 5.58. The maximum atomic E-state index is 12.3. The van der Waals surface area contributed by atoms with Gasteiger partial charge >= 0.3 is 6.18 Å². The number of aliphatic hydroxyl groups is 1. The van der Waals surface area contributed by atoms with Gasteiger partial charge in [0.25, 0.3) is 0 Å². The van der Waals surface area contributed by atoms with Crippen LogP contribution in [0.3, 0.4) is 0 Å². The van der Waals surface area contributed by atoms with Crippen LogP contribution < -0.4 is 0 Å². The van der Waals surface area contributed by atoms with Crippen LogP contribution in [0.5, 0.6) is 0 Å². The van der Waals surface area contributed by atoms with E-state index in [1.165, 1.54) is 18.2 Å². The minimum atomic E-state index is -4.33. The van der Waals surface area contributed by atoms with Crippen molar-refractivity contribution in [3.05, 3.63) is 35.4 Å². The molecule has 0 amide bonds. The molecule has 1 aromatic rings. The molecule has 0 aliphatic carbocycles. The van der Waals surface area contributed by atoms with Crippen LogP contribution in [0.1, 0.15) is 11.1 Å². The SMILES string of the molecule is ClCCl.OCCc1ccccc1C(F)(F)F. The first-order valence-electron chi connectivity index (χ1n) is 4.35. The molecule has 0 bridgehead atoms. The minimum Gasteiger partial charge on any atom is -0.396 e. The summed E-state index contributed by atoms with van der Waals surface area (Å²) in [6.07, 6.45) is -4.29. The van der Waals surface area contributed by atoms with E-state index in [0.717, 1.165) is 6.07 Å². The van der Waals surface area contributed by atoms with Crippen molar-refractivity contribution in [1.29, 1.82) is 0 Å². The molecule has 0 heterocycles. The first kappa shape index (κ1) is 15.6. The number of aliphatic hydroxyl groups excluding tert-OH is 1. The fraction of sp³-hybridized carbons (Fsp3) is 0.400. The van der Waals surface area contributed by atoms with Gasteiger partial charge in [-0.2, -0.15) is 13.2 Å². The third-order valence-corrected chi connectivity index (χ3v) is 1.70. The Kier molecular flexibility index (Phi) is 7.55. The topological polar surface area (TPSA) is 20.2 Å². The fourth-order valence-corrected chi connectivity index (χ4v) is 1.14. The van der Waals surface area contributed by atoms with Gasteiger partial charge in [0.2, 0.25) is 0 Å². The van der Waals surface area contributed by atoms with Crippen molar-refractivity contribution in [2.75, 3.05) is 11.9 Å². The van der Waals surface area contributed by atoms with Crippen molar-refractivity contribution < 1.29 is 18.3 Å². The van der Waals surface area contributed by atoms with Crippen molar-refractivity contribution in [3.8, 4) is 0 Å². The van der Waals surface area contributed by atoms with Crippen LogP contribution in [0.15, 0.2) is 24.3 Å². The van der Waals surface area contributed by atoms with Crippen molar-refractivity contribution in [1.82, 2.24) is 0 Å². The smallest absolute Gasteiger partial charge is 0.396 e. The summed E-state index contributed by atoms with van der Waals surface area (Å²) in [5.74, 6) is 0. The normalized spacial score (nSPS) is 10.6. The third-order valence-electron chi connectivity index (χ3n) is 1.70. The average molecular weight is 275 g/mol. The molecule has 1 nitrogen and oxygen atoms in total. The summed E-state index contributed by atoms with van der Waals surface area (Å²) in [5.41, 5.74) is -0.526. The van der Waals surface area contributed by atoms with E-state index in [0.29, 0.717) is 0 Å². The number of halogens is 5. The number of alkyl halides is 5. The van der Waals surface area contributed by atoms with Gasteiger partial charge in [0.1, 0.15) is 0 Å². The molecule has 0 saturated heterocycles. The summed E-state index contributed by atoms with van der Waals surface area (Å²) < 4.78 is 36.9. The molecule has 1 rings (SSSR count). The Morgan fingerprint density at radius 2 is 1.62 bits per heavy atom. The van der Waals surface area contributed by atoms with E-state index in [2.05, 4.69) is 0 Å². The molecule has 16 heavy (non-hydrogen) atoms. The second kappa shape index (κ2) is 7.76. The van der Waals surface area contributed by atoms with E-state index in [1.54, 1.807) is 0 Å². The van der Waals surface area contributed by atoms with Gasteiger partial charge < -0.3 is 5.11 Å². The fourth-order valence-electron chi connectivity index (χ4n) is 1.14. The lowest BCUT2D eigenvalue weighted by atomic mass is 10.0. The molecule has 0 saturated carbocycles. The van der Waals surface area contributed by atoms with E-state index in [-0.39, 0.29) is 23.9 Å². The summed E-state index contributed by atoms with van der Waals surface area (Å²) in [6.45, 7) is -0.271. The Bertz CT molecular complexity index is 302. The van der Waals surface area contributed by atoms with Crippen molar-refractivity contribution >= 4 is 23.2 Å². The van der Waals surface area contributed by atoms with Gasteiger partial charge in [-0.1, -0.05) is 18.2 Å². The number of hydrogen-bond acceptors (Lipinski definition) is 1. The van der Waals surface area contributed by atoms with Gasteiger partial charge in [0.05, 0.1) is 10.9 Å². The van der Waals surface area contributed by atoms with Gasteiger partial charge in [-0.3, -0.25) is 0 Å². The predicted octanol–water partition coefficient (Wildman–Crippen LogP) is 3.66. The zero-order chi connectivity index (χ0) is 12.6. The molecule has 6 heteroatoms. The molecule has 1 N–H and O–H groups in total. The Balaban J connectivity index is 0.000000673. The van der Waals surface area contributed by atoms with Crippen molar-refractivity contribution in [2.45, 2.75) is 12.6 Å². The molecule has 0 aliphatic heterocycles. The molecule has 1 aromatic carbocycles. The standard InChI is InChI=1S/C9H9F3O.CH2Cl2/c10-9(11,12)8-4-2-1-3-7(8)5-6-13;2-1-3/h1-4,13H,5-6H2;1H2. The Morgan fingerprint density at radius 3 is 2.06 bits per heavy atom. The Labute approximate surface area is 102 Å². The van der Waals surface area contributed by atoms with Crippen LogP contribution in [-0.4, -0.2) is 17.1 Å². The summed E-state index contributed by atoms with van der Waals surface area (Å²) >= 11 is 9.53. The van der Waals surface area contributed by atoms with Crippen molar-refractivity contribution in [2.24, 2.45) is 0 Å². The van der Waals surface area contributed by atoms with Gasteiger partial charge in [0.15, 0.2) is 0 Å². The largest absolute Gasteiger partial charge is 0.416 e.